The van der Waals surface area contributed by atoms with Gasteiger partial charge in [-0.1, -0.05) is 0 Å². The number of benzene rings is 3. The van der Waals surface area contributed by atoms with E-state index in [1.807, 2.05) is 0 Å². The molecule has 1 N–H and O–H groups in total. The third kappa shape index (κ3) is 4.63. The zero-order valence-electron chi connectivity index (χ0n) is 22.5. The summed E-state index contributed by atoms with van der Waals surface area (Å²) in [6.07, 6.45) is 4.07. The van der Waals surface area contributed by atoms with E-state index in [1.165, 1.54) is 69.1 Å². The first-order valence-electron chi connectivity index (χ1n) is 12.5. The van der Waals surface area contributed by atoms with E-state index in [0.29, 0.717) is 33.4 Å². The van der Waals surface area contributed by atoms with E-state index in [2.05, 4.69) is 15.3 Å². The number of fused-ring (bicyclic) bond motifs is 2. The van der Waals surface area contributed by atoms with Crippen molar-refractivity contribution >= 4 is 43.8 Å². The molecule has 1 amide bonds. The van der Waals surface area contributed by atoms with Crippen LogP contribution in [0.3, 0.4) is 0 Å². The van der Waals surface area contributed by atoms with Crippen LogP contribution in [0.5, 0.6) is 0 Å². The van der Waals surface area contributed by atoms with Gasteiger partial charge in [-0.15, -0.1) is 0 Å². The molecule has 6 aromatic rings. The highest BCUT2D eigenvalue weighted by molar-refractivity contribution is 7.92. The molecule has 0 spiro atoms. The second kappa shape index (κ2) is 10.0. The van der Waals surface area contributed by atoms with E-state index in [1.54, 1.807) is 22.8 Å². The number of anilines is 1. The van der Waals surface area contributed by atoms with Crippen molar-refractivity contribution in [3.05, 3.63) is 90.4 Å². The van der Waals surface area contributed by atoms with Gasteiger partial charge in [0, 0.05) is 42.4 Å². The molecule has 0 atom stereocenters. The summed E-state index contributed by atoms with van der Waals surface area (Å²) >= 11 is 0. The molecule has 0 aliphatic rings. The molecule has 6 rings (SSSR count). The molecule has 13 heteroatoms. The van der Waals surface area contributed by atoms with Gasteiger partial charge >= 0.3 is 0 Å². The summed E-state index contributed by atoms with van der Waals surface area (Å²) in [6, 6.07) is 14.3. The van der Waals surface area contributed by atoms with Crippen LogP contribution in [0.25, 0.3) is 50.5 Å². The van der Waals surface area contributed by atoms with E-state index in [9.17, 15) is 22.0 Å². The Labute approximate surface area is 238 Å². The number of nitrogens with one attached hydrogen (secondary N) is 1. The number of rotatable bonds is 6. The monoisotopic (exact) mass is 588 g/mol. The Morgan fingerprint density at radius 2 is 1.67 bits per heavy atom. The number of amides is 1. The predicted octanol–water partition coefficient (Wildman–Crippen LogP) is 4.93. The molecule has 212 valence electrons. The molecule has 3 aromatic carbocycles. The largest absolute Gasteiger partial charge is 0.455 e. The van der Waals surface area contributed by atoms with Crippen LogP contribution in [0, 0.1) is 11.6 Å². The lowest BCUT2D eigenvalue weighted by molar-refractivity contribution is 0.0964. The van der Waals surface area contributed by atoms with Gasteiger partial charge in [0.25, 0.3) is 5.91 Å². The van der Waals surface area contributed by atoms with Crippen molar-refractivity contribution < 1.29 is 26.4 Å². The summed E-state index contributed by atoms with van der Waals surface area (Å²) in [4.78, 5) is 26.6. The Morgan fingerprint density at radius 1 is 1.00 bits per heavy atom. The molecule has 0 saturated heterocycles. The first-order chi connectivity index (χ1) is 20.0. The highest BCUT2D eigenvalue weighted by Gasteiger charge is 2.27. The zero-order valence-corrected chi connectivity index (χ0v) is 23.3. The van der Waals surface area contributed by atoms with Crippen molar-refractivity contribution in [1.29, 1.82) is 0 Å². The summed E-state index contributed by atoms with van der Waals surface area (Å²) in [7, 11) is -0.913. The first kappa shape index (κ1) is 27.0. The van der Waals surface area contributed by atoms with Crippen LogP contribution in [0.4, 0.5) is 14.5 Å². The fraction of sp³-hybridized carbons (Fsp3) is 0.103. The summed E-state index contributed by atoms with van der Waals surface area (Å²) in [5, 5.41) is 2.97. The van der Waals surface area contributed by atoms with Crippen molar-refractivity contribution in [3.63, 3.8) is 0 Å². The minimum atomic E-state index is -3.76. The van der Waals surface area contributed by atoms with Gasteiger partial charge in [-0.25, -0.2) is 32.2 Å². The van der Waals surface area contributed by atoms with Crippen LogP contribution in [-0.2, 0) is 10.0 Å². The van der Waals surface area contributed by atoms with Crippen LogP contribution in [0.2, 0.25) is 0 Å². The lowest BCUT2D eigenvalue weighted by Crippen LogP contribution is -2.25. The second-order valence-electron chi connectivity index (χ2n) is 9.48. The molecular formula is C29H22F2N6O4S. The molecule has 0 unspecified atom stereocenters. The molecule has 0 bridgehead atoms. The maximum atomic E-state index is 13.7. The quantitative estimate of drug-likeness (QED) is 0.293. The topological polar surface area (TPSA) is 123 Å². The van der Waals surface area contributed by atoms with Gasteiger partial charge in [-0.2, -0.15) is 0 Å². The maximum Gasteiger partial charge on any atom is 0.255 e. The van der Waals surface area contributed by atoms with Crippen LogP contribution in [0.15, 0.2) is 77.6 Å². The number of imidazole rings is 1. The van der Waals surface area contributed by atoms with Crippen molar-refractivity contribution in [2.75, 3.05) is 24.7 Å². The highest BCUT2D eigenvalue weighted by Crippen LogP contribution is 2.40. The van der Waals surface area contributed by atoms with Crippen LogP contribution in [-0.4, -0.2) is 54.2 Å². The number of hydrogen-bond acceptors (Lipinski definition) is 7. The molecule has 42 heavy (non-hydrogen) atoms. The SMILES string of the molecule is CNC(=O)c1c(-c2ccc(F)cc2)oc2cc(N(C)S(C)(=O)=O)c(-c3ncc4ncn(-c5ccc(F)cc5)c4n3)cc12. The van der Waals surface area contributed by atoms with Crippen molar-refractivity contribution in [1.82, 2.24) is 24.8 Å². The standard InChI is InChI=1S/C29H22F2N6O4S/c1-32-29(38)25-21-12-20(27-33-14-22-28(35-27)37(15-34-22)19-10-8-18(31)9-11-19)23(36(2)42(3,39)40)13-24(21)41-26(25)16-4-6-17(30)7-5-16/h4-15H,1-3H3,(H,32,38). The van der Waals surface area contributed by atoms with Gasteiger partial charge < -0.3 is 9.73 Å². The Morgan fingerprint density at radius 3 is 2.31 bits per heavy atom. The third-order valence-electron chi connectivity index (χ3n) is 6.84. The Balaban J connectivity index is 1.63. The van der Waals surface area contributed by atoms with Gasteiger partial charge in [-0.05, 0) is 54.6 Å². The van der Waals surface area contributed by atoms with Gasteiger partial charge in [0.05, 0.1) is 23.7 Å². The molecule has 0 fully saturated rings. The Kier molecular flexibility index (Phi) is 6.45. The molecule has 3 aromatic heterocycles. The van der Waals surface area contributed by atoms with E-state index in [4.69, 9.17) is 9.40 Å². The lowest BCUT2D eigenvalue weighted by atomic mass is 10.0. The predicted molar refractivity (Wildman–Crippen MR) is 154 cm³/mol. The van der Waals surface area contributed by atoms with Crippen molar-refractivity contribution in [3.8, 4) is 28.4 Å². The smallest absolute Gasteiger partial charge is 0.255 e. The second-order valence-corrected chi connectivity index (χ2v) is 11.5. The highest BCUT2D eigenvalue weighted by atomic mass is 32.2. The first-order valence-corrected chi connectivity index (χ1v) is 14.4. The number of carbonyl (C=O) groups is 1. The average molecular weight is 589 g/mol. The summed E-state index contributed by atoms with van der Waals surface area (Å²) in [6.45, 7) is 0. The maximum absolute atomic E-state index is 13.7. The molecular weight excluding hydrogens is 566 g/mol. The summed E-state index contributed by atoms with van der Waals surface area (Å²) < 4.78 is 61.4. The number of nitrogens with zero attached hydrogens (tertiary/aromatic N) is 5. The van der Waals surface area contributed by atoms with E-state index >= 15 is 0 Å². The molecule has 10 nitrogen and oxygen atoms in total. The Bertz CT molecular complexity index is 2110. The third-order valence-corrected chi connectivity index (χ3v) is 8.03. The van der Waals surface area contributed by atoms with Gasteiger partial charge in [0.1, 0.15) is 34.8 Å². The number of sulfonamides is 1. The number of hydrogen-bond donors (Lipinski definition) is 1. The molecule has 3 heterocycles. The number of aromatic nitrogens is 4. The molecule has 0 aliphatic carbocycles. The van der Waals surface area contributed by atoms with Gasteiger partial charge in [-0.3, -0.25) is 13.7 Å². The fourth-order valence-electron chi connectivity index (χ4n) is 4.64. The minimum absolute atomic E-state index is 0.145. The number of carbonyl (C=O) groups excluding carboxylic acids is 1. The molecule has 0 radical (unpaired) electrons. The average Bonchev–Trinajstić information content (AvgIpc) is 3.57. The van der Waals surface area contributed by atoms with E-state index in [-0.39, 0.29) is 28.4 Å². The van der Waals surface area contributed by atoms with E-state index in [0.717, 1.165) is 10.6 Å². The van der Waals surface area contributed by atoms with Crippen LogP contribution < -0.4 is 9.62 Å². The molecule has 0 saturated carbocycles. The normalized spacial score (nSPS) is 11.7. The van der Waals surface area contributed by atoms with Crippen LogP contribution >= 0.6 is 0 Å². The number of halogens is 2. The zero-order chi connectivity index (χ0) is 29.8. The van der Waals surface area contributed by atoms with Crippen molar-refractivity contribution in [2.24, 2.45) is 0 Å². The van der Waals surface area contributed by atoms with Crippen molar-refractivity contribution in [2.45, 2.75) is 0 Å². The summed E-state index contributed by atoms with van der Waals surface area (Å²) in [5.74, 6) is -0.990. The van der Waals surface area contributed by atoms with Gasteiger partial charge in [0.15, 0.2) is 11.5 Å². The number of furan rings is 1. The molecule has 0 aliphatic heterocycles. The van der Waals surface area contributed by atoms with Crippen LogP contribution in [0.1, 0.15) is 10.4 Å². The fourth-order valence-corrected chi connectivity index (χ4v) is 5.14. The minimum Gasteiger partial charge on any atom is -0.455 e. The Hall–Kier alpha value is -5.17. The van der Waals surface area contributed by atoms with E-state index < -0.39 is 27.6 Å². The van der Waals surface area contributed by atoms with Gasteiger partial charge in [0.2, 0.25) is 10.0 Å². The lowest BCUT2D eigenvalue weighted by Gasteiger charge is -2.20. The summed E-state index contributed by atoms with van der Waals surface area (Å²) in [5.41, 5.74) is 2.78.